The van der Waals surface area contributed by atoms with E-state index in [1.807, 2.05) is 0 Å². The molecule has 0 saturated carbocycles. The summed E-state index contributed by atoms with van der Waals surface area (Å²) >= 11 is 0. The third-order valence-electron chi connectivity index (χ3n) is 6.06. The highest BCUT2D eigenvalue weighted by molar-refractivity contribution is 5.38. The van der Waals surface area contributed by atoms with Crippen molar-refractivity contribution >= 4 is 0 Å². The number of fused-ring (bicyclic) bond motifs is 1. The van der Waals surface area contributed by atoms with E-state index in [-0.39, 0.29) is 30.1 Å². The van der Waals surface area contributed by atoms with Gasteiger partial charge in [-0.3, -0.25) is 4.79 Å². The van der Waals surface area contributed by atoms with Gasteiger partial charge in [0, 0.05) is 23.5 Å². The summed E-state index contributed by atoms with van der Waals surface area (Å²) in [7, 11) is 0. The van der Waals surface area contributed by atoms with Crippen LogP contribution in [0.3, 0.4) is 0 Å². The molecule has 10 heteroatoms. The van der Waals surface area contributed by atoms with Crippen molar-refractivity contribution in [2.24, 2.45) is 0 Å². The number of ether oxygens (including phenoxy) is 1. The van der Waals surface area contributed by atoms with Gasteiger partial charge >= 0.3 is 12.4 Å². The lowest BCUT2D eigenvalue weighted by atomic mass is 9.79. The molecule has 0 amide bonds. The molecular formula is C25H20F7NO2. The third-order valence-corrected chi connectivity index (χ3v) is 6.06. The van der Waals surface area contributed by atoms with Crippen molar-refractivity contribution in [1.29, 1.82) is 0 Å². The summed E-state index contributed by atoms with van der Waals surface area (Å²) in [5.41, 5.74) is -1.25. The van der Waals surface area contributed by atoms with Crippen molar-refractivity contribution in [2.75, 3.05) is 6.61 Å². The number of benzene rings is 2. The van der Waals surface area contributed by atoms with Crippen molar-refractivity contribution in [2.45, 2.75) is 43.6 Å². The average Bonchev–Trinajstić information content (AvgIpc) is 2.78. The first-order valence-electron chi connectivity index (χ1n) is 10.8. The molecule has 186 valence electrons. The van der Waals surface area contributed by atoms with Crippen molar-refractivity contribution in [3.05, 3.63) is 104 Å². The van der Waals surface area contributed by atoms with Crippen LogP contribution in [0.2, 0.25) is 0 Å². The van der Waals surface area contributed by atoms with Crippen LogP contribution in [0.15, 0.2) is 59.5 Å². The summed E-state index contributed by atoms with van der Waals surface area (Å²) in [6.45, 7) is -0.145. The van der Waals surface area contributed by atoms with Gasteiger partial charge in [-0.1, -0.05) is 12.1 Å². The maximum atomic E-state index is 13.5. The number of nitrogens with one attached hydrogen (secondary N) is 1. The van der Waals surface area contributed by atoms with E-state index in [1.54, 1.807) is 12.1 Å². The quantitative estimate of drug-likeness (QED) is 0.422. The molecule has 1 heterocycles. The van der Waals surface area contributed by atoms with E-state index in [2.05, 4.69) is 4.98 Å². The van der Waals surface area contributed by atoms with Gasteiger partial charge in [0.15, 0.2) is 5.43 Å². The molecule has 1 aliphatic carbocycles. The SMILES string of the molecule is O=c1cc[nH]c2c1CCC(OCCc1cc(C(F)(F)F)cc(C(F)(F)F)c1)C2c1ccc(F)cc1. The number of alkyl halides is 6. The molecule has 0 bridgehead atoms. The summed E-state index contributed by atoms with van der Waals surface area (Å²) in [6.07, 6.45) is -8.29. The van der Waals surface area contributed by atoms with Gasteiger partial charge in [-0.05, 0) is 60.7 Å². The molecule has 0 saturated heterocycles. The van der Waals surface area contributed by atoms with Gasteiger partial charge in [0.1, 0.15) is 5.82 Å². The zero-order valence-corrected chi connectivity index (χ0v) is 18.1. The van der Waals surface area contributed by atoms with Crippen molar-refractivity contribution in [3.8, 4) is 0 Å². The van der Waals surface area contributed by atoms with Crippen LogP contribution in [0, 0.1) is 5.82 Å². The Bertz CT molecular complexity index is 1210. The van der Waals surface area contributed by atoms with Gasteiger partial charge in [0.25, 0.3) is 0 Å². The Balaban J connectivity index is 1.58. The number of aromatic amines is 1. The topological polar surface area (TPSA) is 42.1 Å². The molecule has 1 aromatic heterocycles. The second-order valence-corrected chi connectivity index (χ2v) is 8.38. The Morgan fingerprint density at radius 2 is 1.54 bits per heavy atom. The summed E-state index contributed by atoms with van der Waals surface area (Å²) in [5, 5.41) is 0. The molecular weight excluding hydrogens is 479 g/mol. The molecule has 0 radical (unpaired) electrons. The number of hydrogen-bond donors (Lipinski definition) is 1. The standard InChI is InChI=1S/C25H20F7NO2/c26-18-3-1-15(2-4-18)22-21(6-5-19-20(34)7-9-33-23(19)22)35-10-8-14-11-16(24(27,28)29)13-17(12-14)25(30,31)32/h1-4,7,9,11-13,21-22H,5-6,8,10H2,(H,33,34). The van der Waals surface area contributed by atoms with Crippen LogP contribution in [0.5, 0.6) is 0 Å². The lowest BCUT2D eigenvalue weighted by molar-refractivity contribution is -0.143. The highest BCUT2D eigenvalue weighted by Gasteiger charge is 2.37. The molecule has 2 atom stereocenters. The molecule has 35 heavy (non-hydrogen) atoms. The molecule has 0 spiro atoms. The Hall–Kier alpha value is -3.14. The van der Waals surface area contributed by atoms with E-state index in [0.29, 0.717) is 41.8 Å². The maximum absolute atomic E-state index is 13.5. The molecule has 1 aliphatic rings. The maximum Gasteiger partial charge on any atom is 0.416 e. The number of rotatable bonds is 5. The fraction of sp³-hybridized carbons (Fsp3) is 0.320. The van der Waals surface area contributed by atoms with Gasteiger partial charge < -0.3 is 9.72 Å². The minimum absolute atomic E-state index is 0.0866. The molecule has 0 aliphatic heterocycles. The van der Waals surface area contributed by atoms with E-state index >= 15 is 0 Å². The van der Waals surface area contributed by atoms with Crippen LogP contribution >= 0.6 is 0 Å². The van der Waals surface area contributed by atoms with Gasteiger partial charge in [0.05, 0.1) is 29.8 Å². The lowest BCUT2D eigenvalue weighted by Gasteiger charge is -2.33. The number of pyridine rings is 1. The number of halogens is 7. The van der Waals surface area contributed by atoms with Crippen LogP contribution < -0.4 is 5.43 Å². The zero-order chi connectivity index (χ0) is 25.4. The molecule has 4 rings (SSSR count). The Morgan fingerprint density at radius 3 is 2.14 bits per heavy atom. The third kappa shape index (κ3) is 5.58. The van der Waals surface area contributed by atoms with Crippen LogP contribution in [-0.2, 0) is 29.9 Å². The first-order valence-corrected chi connectivity index (χ1v) is 10.8. The van der Waals surface area contributed by atoms with Crippen LogP contribution in [0.25, 0.3) is 0 Å². The summed E-state index contributed by atoms with van der Waals surface area (Å²) in [6, 6.07) is 8.49. The number of H-pyrrole nitrogens is 1. The Morgan fingerprint density at radius 1 is 0.914 bits per heavy atom. The average molecular weight is 499 g/mol. The molecule has 2 unspecified atom stereocenters. The van der Waals surface area contributed by atoms with Gasteiger partial charge in [-0.15, -0.1) is 0 Å². The van der Waals surface area contributed by atoms with E-state index in [0.717, 1.165) is 0 Å². The van der Waals surface area contributed by atoms with Gasteiger partial charge in [-0.2, -0.15) is 26.3 Å². The fourth-order valence-corrected chi connectivity index (χ4v) is 4.42. The number of aromatic nitrogens is 1. The highest BCUT2D eigenvalue weighted by Crippen LogP contribution is 2.38. The smallest absolute Gasteiger partial charge is 0.377 e. The van der Waals surface area contributed by atoms with E-state index < -0.39 is 41.3 Å². The summed E-state index contributed by atoms with van der Waals surface area (Å²) < 4.78 is 98.3. The van der Waals surface area contributed by atoms with Crippen LogP contribution in [0.1, 0.15) is 45.8 Å². The van der Waals surface area contributed by atoms with Crippen LogP contribution in [0.4, 0.5) is 30.7 Å². The highest BCUT2D eigenvalue weighted by atomic mass is 19.4. The predicted octanol–water partition coefficient (Wildman–Crippen LogP) is 6.26. The van der Waals surface area contributed by atoms with E-state index in [1.165, 1.54) is 24.4 Å². The Labute approximate surface area is 195 Å². The second kappa shape index (κ2) is 9.49. The minimum Gasteiger partial charge on any atom is -0.377 e. The first-order chi connectivity index (χ1) is 16.4. The fourth-order valence-electron chi connectivity index (χ4n) is 4.42. The lowest BCUT2D eigenvalue weighted by Crippen LogP contribution is -2.33. The second-order valence-electron chi connectivity index (χ2n) is 8.38. The van der Waals surface area contributed by atoms with Crippen molar-refractivity contribution in [1.82, 2.24) is 4.98 Å². The molecule has 0 fully saturated rings. The minimum atomic E-state index is -4.93. The molecule has 2 aromatic carbocycles. The van der Waals surface area contributed by atoms with Crippen molar-refractivity contribution < 1.29 is 35.5 Å². The van der Waals surface area contributed by atoms with E-state index in [4.69, 9.17) is 4.74 Å². The monoisotopic (exact) mass is 499 g/mol. The number of hydrogen-bond acceptors (Lipinski definition) is 2. The summed E-state index contributed by atoms with van der Waals surface area (Å²) in [5.74, 6) is -0.936. The Kier molecular flexibility index (Phi) is 6.77. The predicted molar refractivity (Wildman–Crippen MR) is 114 cm³/mol. The molecule has 3 aromatic rings. The first kappa shape index (κ1) is 25.0. The van der Waals surface area contributed by atoms with Gasteiger partial charge in [-0.25, -0.2) is 4.39 Å². The van der Waals surface area contributed by atoms with E-state index in [9.17, 15) is 35.5 Å². The molecule has 1 N–H and O–H groups in total. The summed E-state index contributed by atoms with van der Waals surface area (Å²) in [4.78, 5) is 15.4. The van der Waals surface area contributed by atoms with Gasteiger partial charge in [0.2, 0.25) is 0 Å². The normalized spacial score (nSPS) is 18.4. The molecule has 3 nitrogen and oxygen atoms in total. The van der Waals surface area contributed by atoms with Crippen LogP contribution in [-0.4, -0.2) is 17.7 Å². The largest absolute Gasteiger partial charge is 0.416 e. The zero-order valence-electron chi connectivity index (χ0n) is 18.1. The van der Waals surface area contributed by atoms with Crippen molar-refractivity contribution in [3.63, 3.8) is 0 Å².